The lowest BCUT2D eigenvalue weighted by Gasteiger charge is -2.10. The maximum Gasteiger partial charge on any atom is 0.319 e. The fourth-order valence-electron chi connectivity index (χ4n) is 3.99. The average molecular weight is 499 g/mol. The number of fused-ring (bicyclic) bond motifs is 1. The highest BCUT2D eigenvalue weighted by atomic mass is 16.5. The van der Waals surface area contributed by atoms with E-state index in [4.69, 9.17) is 10.5 Å². The quantitative estimate of drug-likeness (QED) is 0.247. The third-order valence-electron chi connectivity index (χ3n) is 5.68. The Morgan fingerprint density at radius 1 is 1.08 bits per heavy atom. The van der Waals surface area contributed by atoms with E-state index >= 15 is 0 Å². The van der Waals surface area contributed by atoms with E-state index in [-0.39, 0.29) is 12.5 Å². The molecule has 4 N–H and O–H groups in total. The number of aromatic nitrogens is 6. The van der Waals surface area contributed by atoms with Gasteiger partial charge in [0.2, 0.25) is 0 Å². The van der Waals surface area contributed by atoms with E-state index in [0.29, 0.717) is 42.2 Å². The molecule has 37 heavy (non-hydrogen) atoms. The van der Waals surface area contributed by atoms with Crippen LogP contribution in [0.4, 0.5) is 5.82 Å². The SMILES string of the molecule is COC(=O)CNCc1cccc(Oc2cccc(Cn3cc(Cc4cc(N)nc5[nH]nnc45)cn3)c2)c1. The first-order valence-electron chi connectivity index (χ1n) is 11.7. The number of nitrogens with two attached hydrogens (primary N) is 1. The number of carbonyl (C=O) groups excluding carboxylic acids is 1. The maximum absolute atomic E-state index is 11.3. The molecule has 11 nitrogen and oxygen atoms in total. The van der Waals surface area contributed by atoms with Crippen LogP contribution in [0, 0.1) is 0 Å². The van der Waals surface area contributed by atoms with Crippen molar-refractivity contribution < 1.29 is 14.3 Å². The fourth-order valence-corrected chi connectivity index (χ4v) is 3.99. The lowest BCUT2D eigenvalue weighted by atomic mass is 10.1. The number of H-pyrrole nitrogens is 1. The van der Waals surface area contributed by atoms with Crippen molar-refractivity contribution in [3.05, 3.63) is 89.2 Å². The Morgan fingerprint density at radius 2 is 1.86 bits per heavy atom. The molecule has 0 spiro atoms. The van der Waals surface area contributed by atoms with Gasteiger partial charge in [-0.15, -0.1) is 5.10 Å². The van der Waals surface area contributed by atoms with E-state index in [1.54, 1.807) is 0 Å². The van der Waals surface area contributed by atoms with Gasteiger partial charge in [0.25, 0.3) is 0 Å². The molecule has 0 aliphatic heterocycles. The van der Waals surface area contributed by atoms with Crippen molar-refractivity contribution in [2.75, 3.05) is 19.4 Å². The molecule has 0 bridgehead atoms. The second kappa shape index (κ2) is 10.9. The molecule has 188 valence electrons. The number of aromatic amines is 1. The Bertz CT molecular complexity index is 1530. The molecule has 0 aliphatic carbocycles. The van der Waals surface area contributed by atoms with Gasteiger partial charge >= 0.3 is 5.97 Å². The summed E-state index contributed by atoms with van der Waals surface area (Å²) in [7, 11) is 1.37. The van der Waals surface area contributed by atoms with Crippen molar-refractivity contribution in [3.8, 4) is 11.5 Å². The molecule has 3 aromatic heterocycles. The number of ether oxygens (including phenoxy) is 2. The molecule has 5 aromatic rings. The van der Waals surface area contributed by atoms with Gasteiger partial charge in [-0.1, -0.05) is 29.5 Å². The second-order valence-electron chi connectivity index (χ2n) is 8.51. The minimum absolute atomic E-state index is 0.153. The van der Waals surface area contributed by atoms with Crippen LogP contribution in [0.3, 0.4) is 0 Å². The zero-order chi connectivity index (χ0) is 25.6. The zero-order valence-corrected chi connectivity index (χ0v) is 20.2. The molecule has 0 saturated heterocycles. The minimum atomic E-state index is -0.303. The summed E-state index contributed by atoms with van der Waals surface area (Å²) in [6.45, 7) is 1.27. The molecule has 0 radical (unpaired) electrons. The van der Waals surface area contributed by atoms with Gasteiger partial charge < -0.3 is 20.5 Å². The molecule has 0 aliphatic rings. The van der Waals surface area contributed by atoms with Crippen molar-refractivity contribution in [3.63, 3.8) is 0 Å². The highest BCUT2D eigenvalue weighted by Gasteiger charge is 2.11. The predicted molar refractivity (Wildman–Crippen MR) is 137 cm³/mol. The number of nitrogen functional groups attached to an aromatic ring is 1. The molecule has 0 unspecified atom stereocenters. The number of pyridine rings is 1. The summed E-state index contributed by atoms with van der Waals surface area (Å²) in [6.07, 6.45) is 4.45. The van der Waals surface area contributed by atoms with Gasteiger partial charge in [-0.3, -0.25) is 9.48 Å². The summed E-state index contributed by atoms with van der Waals surface area (Å²) in [6, 6.07) is 17.4. The number of esters is 1. The normalized spacial score (nSPS) is 11.1. The van der Waals surface area contributed by atoms with E-state index in [1.807, 2.05) is 71.7 Å². The Hall–Kier alpha value is -4.77. The second-order valence-corrected chi connectivity index (χ2v) is 8.51. The largest absolute Gasteiger partial charge is 0.468 e. The summed E-state index contributed by atoms with van der Waals surface area (Å²) in [5, 5.41) is 18.3. The Kier molecular flexibility index (Phi) is 7.04. The first-order valence-corrected chi connectivity index (χ1v) is 11.7. The lowest BCUT2D eigenvalue weighted by molar-refractivity contribution is -0.139. The monoisotopic (exact) mass is 498 g/mol. The molecule has 0 saturated carbocycles. The molecule has 0 amide bonds. The molecular weight excluding hydrogens is 472 g/mol. The number of methoxy groups -OCH3 is 1. The third kappa shape index (κ3) is 6.08. The number of benzene rings is 2. The molecule has 3 heterocycles. The van der Waals surface area contributed by atoms with Gasteiger partial charge in [0, 0.05) is 19.2 Å². The molecule has 0 atom stereocenters. The first kappa shape index (κ1) is 23.9. The minimum Gasteiger partial charge on any atom is -0.468 e. The molecule has 5 rings (SSSR count). The van der Waals surface area contributed by atoms with Crippen LogP contribution < -0.4 is 15.8 Å². The van der Waals surface area contributed by atoms with Gasteiger partial charge in [0.1, 0.15) is 22.8 Å². The summed E-state index contributed by atoms with van der Waals surface area (Å²) < 4.78 is 12.6. The Balaban J connectivity index is 1.22. The number of rotatable bonds is 10. The molecule has 0 fully saturated rings. The van der Waals surface area contributed by atoms with Crippen LogP contribution >= 0.6 is 0 Å². The van der Waals surface area contributed by atoms with Crippen molar-refractivity contribution in [1.82, 2.24) is 35.5 Å². The average Bonchev–Trinajstić information content (AvgIpc) is 3.54. The van der Waals surface area contributed by atoms with Gasteiger partial charge in [-0.2, -0.15) is 5.10 Å². The van der Waals surface area contributed by atoms with Crippen LogP contribution in [-0.2, 0) is 29.0 Å². The van der Waals surface area contributed by atoms with E-state index in [0.717, 1.165) is 28.0 Å². The van der Waals surface area contributed by atoms with Crippen LogP contribution in [0.2, 0.25) is 0 Å². The smallest absolute Gasteiger partial charge is 0.319 e. The summed E-state index contributed by atoms with van der Waals surface area (Å²) >= 11 is 0. The van der Waals surface area contributed by atoms with Crippen LogP contribution in [0.15, 0.2) is 67.0 Å². The van der Waals surface area contributed by atoms with Crippen molar-refractivity contribution in [2.24, 2.45) is 0 Å². The van der Waals surface area contributed by atoms with E-state index in [9.17, 15) is 4.79 Å². The van der Waals surface area contributed by atoms with Gasteiger partial charge in [-0.05, 0) is 52.6 Å². The van der Waals surface area contributed by atoms with Crippen LogP contribution in [0.1, 0.15) is 22.3 Å². The summed E-state index contributed by atoms with van der Waals surface area (Å²) in [5.41, 5.74) is 11.2. The maximum atomic E-state index is 11.3. The number of hydrogen-bond donors (Lipinski definition) is 3. The van der Waals surface area contributed by atoms with E-state index < -0.39 is 0 Å². The van der Waals surface area contributed by atoms with Crippen LogP contribution in [-0.4, -0.2) is 49.8 Å². The molecular formula is C26H26N8O3. The summed E-state index contributed by atoms with van der Waals surface area (Å²) in [4.78, 5) is 15.5. The van der Waals surface area contributed by atoms with E-state index in [1.165, 1.54) is 7.11 Å². The third-order valence-corrected chi connectivity index (χ3v) is 5.68. The lowest BCUT2D eigenvalue weighted by Crippen LogP contribution is -2.23. The van der Waals surface area contributed by atoms with Crippen LogP contribution in [0.25, 0.3) is 11.2 Å². The van der Waals surface area contributed by atoms with Gasteiger partial charge in [0.05, 0.1) is 26.4 Å². The topological polar surface area (TPSA) is 146 Å². The standard InChI is InChI=1S/C26H26N8O3/c1-36-24(35)14-28-12-17-4-2-6-21(9-17)37-22-7-3-5-18(10-22)15-34-16-19(13-29-34)8-20-11-23(27)30-26-25(20)31-33-32-26/h2-7,9-11,13,16,28H,8,12,14-15H2,1H3,(H3,27,30,31,32,33). The zero-order valence-electron chi connectivity index (χ0n) is 20.2. The predicted octanol–water partition coefficient (Wildman–Crippen LogP) is 2.83. The number of nitrogens with one attached hydrogen (secondary N) is 2. The van der Waals surface area contributed by atoms with Crippen molar-refractivity contribution >= 4 is 23.0 Å². The molecule has 11 heteroatoms. The van der Waals surface area contributed by atoms with E-state index in [2.05, 4.69) is 35.5 Å². The number of nitrogens with zero attached hydrogens (tertiary/aromatic N) is 5. The fraction of sp³-hybridized carbons (Fsp3) is 0.192. The Labute approximate surface area is 212 Å². The summed E-state index contributed by atoms with van der Waals surface area (Å²) in [5.74, 6) is 1.56. The number of hydrogen-bond acceptors (Lipinski definition) is 9. The van der Waals surface area contributed by atoms with Gasteiger partial charge in [0.15, 0.2) is 5.65 Å². The number of carbonyl (C=O) groups is 1. The Morgan fingerprint density at radius 3 is 2.68 bits per heavy atom. The van der Waals surface area contributed by atoms with Crippen molar-refractivity contribution in [2.45, 2.75) is 19.5 Å². The van der Waals surface area contributed by atoms with Crippen LogP contribution in [0.5, 0.6) is 11.5 Å². The van der Waals surface area contributed by atoms with Crippen molar-refractivity contribution in [1.29, 1.82) is 0 Å². The number of anilines is 1. The van der Waals surface area contributed by atoms with Gasteiger partial charge in [-0.25, -0.2) is 10.1 Å². The highest BCUT2D eigenvalue weighted by Crippen LogP contribution is 2.24. The highest BCUT2D eigenvalue weighted by molar-refractivity contribution is 5.76. The molecule has 2 aromatic carbocycles. The first-order chi connectivity index (χ1) is 18.1.